The van der Waals surface area contributed by atoms with Gasteiger partial charge in [-0.05, 0) is 55.0 Å². The lowest BCUT2D eigenvalue weighted by molar-refractivity contribution is -0.138. The second-order valence-electron chi connectivity index (χ2n) is 5.44. The highest BCUT2D eigenvalue weighted by molar-refractivity contribution is 7.92. The van der Waals surface area contributed by atoms with Crippen LogP contribution >= 0.6 is 0 Å². The van der Waals surface area contributed by atoms with E-state index in [1.165, 1.54) is 50.6 Å². The third kappa shape index (κ3) is 3.91. The van der Waals surface area contributed by atoms with Crippen LogP contribution in [0.3, 0.4) is 0 Å². The average molecular weight is 379 g/mol. The van der Waals surface area contributed by atoms with E-state index in [4.69, 9.17) is 9.47 Å². The smallest absolute Gasteiger partial charge is 0.327 e. The zero-order chi connectivity index (χ0) is 19.3. The molecule has 2 aromatic rings. The first-order chi connectivity index (χ1) is 12.3. The average Bonchev–Trinajstić information content (AvgIpc) is 2.65. The molecule has 0 saturated carbocycles. The van der Waals surface area contributed by atoms with Crippen molar-refractivity contribution in [3.8, 4) is 11.5 Å². The number of carboxylic acids is 1. The Morgan fingerprint density at radius 3 is 1.85 bits per heavy atom. The SMILES string of the molecule is CCC(C(=O)O)N(c1ccc(OC)cc1)S(=O)(=O)c1ccc(OC)cc1. The third-order valence-electron chi connectivity index (χ3n) is 3.90. The number of methoxy groups -OCH3 is 2. The van der Waals surface area contributed by atoms with Crippen LogP contribution in [-0.4, -0.2) is 39.8 Å². The number of ether oxygens (including phenoxy) is 2. The molecule has 140 valence electrons. The molecule has 0 aliphatic heterocycles. The molecule has 0 aromatic heterocycles. The van der Waals surface area contributed by atoms with Gasteiger partial charge in [-0.15, -0.1) is 0 Å². The van der Waals surface area contributed by atoms with Crippen LogP contribution in [0.2, 0.25) is 0 Å². The number of carbonyl (C=O) groups is 1. The van der Waals surface area contributed by atoms with Crippen LogP contribution in [0.25, 0.3) is 0 Å². The molecule has 0 heterocycles. The fourth-order valence-corrected chi connectivity index (χ4v) is 4.20. The van der Waals surface area contributed by atoms with Gasteiger partial charge in [-0.1, -0.05) is 6.92 Å². The van der Waals surface area contributed by atoms with E-state index in [0.29, 0.717) is 11.5 Å². The summed E-state index contributed by atoms with van der Waals surface area (Å²) in [6.45, 7) is 1.62. The van der Waals surface area contributed by atoms with Gasteiger partial charge >= 0.3 is 5.97 Å². The summed E-state index contributed by atoms with van der Waals surface area (Å²) in [5, 5.41) is 9.55. The van der Waals surface area contributed by atoms with Crippen LogP contribution < -0.4 is 13.8 Å². The number of hydrogen-bond acceptors (Lipinski definition) is 5. The molecule has 2 aromatic carbocycles. The molecular weight excluding hydrogens is 358 g/mol. The number of rotatable bonds is 8. The molecule has 0 saturated heterocycles. The molecule has 1 atom stereocenters. The maximum absolute atomic E-state index is 13.2. The fraction of sp³-hybridized carbons (Fsp3) is 0.278. The largest absolute Gasteiger partial charge is 0.497 e. The minimum absolute atomic E-state index is 0.0196. The van der Waals surface area contributed by atoms with Crippen LogP contribution in [0.5, 0.6) is 11.5 Å². The molecule has 2 rings (SSSR count). The number of carboxylic acid groups (broad SMARTS) is 1. The molecule has 0 aliphatic carbocycles. The Labute approximate surface area is 152 Å². The lowest BCUT2D eigenvalue weighted by atomic mass is 10.2. The van der Waals surface area contributed by atoms with E-state index in [0.717, 1.165) is 4.31 Å². The molecule has 7 nitrogen and oxygen atoms in total. The number of hydrogen-bond donors (Lipinski definition) is 1. The van der Waals surface area contributed by atoms with Crippen LogP contribution in [0, 0.1) is 0 Å². The number of sulfonamides is 1. The fourth-order valence-electron chi connectivity index (χ4n) is 2.52. The van der Waals surface area contributed by atoms with Gasteiger partial charge in [0.05, 0.1) is 24.8 Å². The van der Waals surface area contributed by atoms with Gasteiger partial charge in [0, 0.05) is 0 Å². The summed E-state index contributed by atoms with van der Waals surface area (Å²) in [4.78, 5) is 11.7. The van der Waals surface area contributed by atoms with Crippen molar-refractivity contribution in [1.82, 2.24) is 0 Å². The molecule has 26 heavy (non-hydrogen) atoms. The summed E-state index contributed by atoms with van der Waals surface area (Å²) in [6.07, 6.45) is 0.108. The Balaban J connectivity index is 2.58. The maximum atomic E-state index is 13.2. The Kier molecular flexibility index (Phi) is 6.10. The Hall–Kier alpha value is -2.74. The van der Waals surface area contributed by atoms with E-state index >= 15 is 0 Å². The normalized spacial score (nSPS) is 12.3. The van der Waals surface area contributed by atoms with Gasteiger partial charge in [-0.2, -0.15) is 0 Å². The van der Waals surface area contributed by atoms with Crippen molar-refractivity contribution >= 4 is 21.7 Å². The van der Waals surface area contributed by atoms with E-state index < -0.39 is 22.0 Å². The summed E-state index contributed by atoms with van der Waals surface area (Å²) >= 11 is 0. The van der Waals surface area contributed by atoms with Crippen LogP contribution in [0.4, 0.5) is 5.69 Å². The molecular formula is C18H21NO6S. The minimum Gasteiger partial charge on any atom is -0.497 e. The van der Waals surface area contributed by atoms with Crippen molar-refractivity contribution in [1.29, 1.82) is 0 Å². The second kappa shape index (κ2) is 8.09. The summed E-state index contributed by atoms with van der Waals surface area (Å²) in [6, 6.07) is 10.8. The predicted octanol–water partition coefficient (Wildman–Crippen LogP) is 2.76. The first kappa shape index (κ1) is 19.6. The van der Waals surface area contributed by atoms with Gasteiger partial charge < -0.3 is 14.6 Å². The first-order valence-electron chi connectivity index (χ1n) is 7.90. The highest BCUT2D eigenvalue weighted by Crippen LogP contribution is 2.30. The van der Waals surface area contributed by atoms with E-state index in [2.05, 4.69) is 0 Å². The molecule has 0 radical (unpaired) electrons. The molecule has 8 heteroatoms. The van der Waals surface area contributed by atoms with Crippen LogP contribution in [0.1, 0.15) is 13.3 Å². The highest BCUT2D eigenvalue weighted by atomic mass is 32.2. The van der Waals surface area contributed by atoms with Crippen LogP contribution in [0.15, 0.2) is 53.4 Å². The monoisotopic (exact) mass is 379 g/mol. The minimum atomic E-state index is -4.10. The number of benzene rings is 2. The summed E-state index contributed by atoms with van der Waals surface area (Å²) in [7, 11) is -1.13. The standard InChI is InChI=1S/C18H21NO6S/c1-4-17(18(20)21)19(13-5-7-14(24-2)8-6-13)26(22,23)16-11-9-15(25-3)10-12-16/h5-12,17H,4H2,1-3H3,(H,20,21). The molecule has 0 aliphatic rings. The molecule has 1 unspecified atom stereocenters. The Bertz CT molecular complexity index is 846. The summed E-state index contributed by atoms with van der Waals surface area (Å²) in [5.41, 5.74) is 0.246. The van der Waals surface area contributed by atoms with E-state index in [9.17, 15) is 18.3 Å². The van der Waals surface area contributed by atoms with Crippen molar-refractivity contribution in [3.63, 3.8) is 0 Å². The maximum Gasteiger partial charge on any atom is 0.327 e. The van der Waals surface area contributed by atoms with Gasteiger partial charge in [0.2, 0.25) is 0 Å². The molecule has 0 fully saturated rings. The summed E-state index contributed by atoms with van der Waals surface area (Å²) in [5.74, 6) is -0.176. The van der Waals surface area contributed by atoms with Crippen molar-refractivity contribution in [3.05, 3.63) is 48.5 Å². The number of anilines is 1. The van der Waals surface area contributed by atoms with Crippen molar-refractivity contribution in [2.24, 2.45) is 0 Å². The van der Waals surface area contributed by atoms with E-state index in [1.807, 2.05) is 0 Å². The molecule has 0 amide bonds. The number of nitrogens with zero attached hydrogens (tertiary/aromatic N) is 1. The molecule has 0 bridgehead atoms. The Morgan fingerprint density at radius 1 is 1.00 bits per heavy atom. The molecule has 1 N–H and O–H groups in total. The summed E-state index contributed by atoms with van der Waals surface area (Å²) < 4.78 is 37.4. The van der Waals surface area contributed by atoms with Crippen molar-refractivity contribution < 1.29 is 27.8 Å². The third-order valence-corrected chi connectivity index (χ3v) is 5.75. The second-order valence-corrected chi connectivity index (χ2v) is 7.25. The van der Waals surface area contributed by atoms with Gasteiger partial charge in [0.15, 0.2) is 0 Å². The van der Waals surface area contributed by atoms with Crippen LogP contribution in [-0.2, 0) is 14.8 Å². The van der Waals surface area contributed by atoms with Gasteiger partial charge in [0.1, 0.15) is 17.5 Å². The van der Waals surface area contributed by atoms with Crippen molar-refractivity contribution in [2.75, 3.05) is 18.5 Å². The zero-order valence-electron chi connectivity index (χ0n) is 14.7. The van der Waals surface area contributed by atoms with E-state index in [-0.39, 0.29) is 17.0 Å². The van der Waals surface area contributed by atoms with Crippen molar-refractivity contribution in [2.45, 2.75) is 24.3 Å². The van der Waals surface area contributed by atoms with Gasteiger partial charge in [-0.3, -0.25) is 4.31 Å². The molecule has 0 spiro atoms. The first-order valence-corrected chi connectivity index (χ1v) is 9.34. The lowest BCUT2D eigenvalue weighted by Gasteiger charge is -2.29. The zero-order valence-corrected chi connectivity index (χ0v) is 15.6. The quantitative estimate of drug-likeness (QED) is 0.758. The van der Waals surface area contributed by atoms with E-state index in [1.54, 1.807) is 19.1 Å². The highest BCUT2D eigenvalue weighted by Gasteiger charge is 2.35. The predicted molar refractivity (Wildman–Crippen MR) is 97.4 cm³/mol. The number of aliphatic carboxylic acids is 1. The lowest BCUT2D eigenvalue weighted by Crippen LogP contribution is -2.45. The van der Waals surface area contributed by atoms with Gasteiger partial charge in [-0.25, -0.2) is 13.2 Å². The topological polar surface area (TPSA) is 93.1 Å². The van der Waals surface area contributed by atoms with Gasteiger partial charge in [0.25, 0.3) is 10.0 Å². The Morgan fingerprint density at radius 2 is 1.46 bits per heavy atom.